The van der Waals surface area contributed by atoms with Crippen LogP contribution in [-0.4, -0.2) is 22.2 Å². The van der Waals surface area contributed by atoms with E-state index in [2.05, 4.69) is 0 Å². The van der Waals surface area contributed by atoms with Crippen LogP contribution >= 0.6 is 11.6 Å². The fraction of sp³-hybridized carbons (Fsp3) is 0. The molecule has 4 nitrogen and oxygen atoms in total. The van der Waals surface area contributed by atoms with Crippen LogP contribution in [0.3, 0.4) is 0 Å². The summed E-state index contributed by atoms with van der Waals surface area (Å²) in [6.45, 7) is 0. The van der Waals surface area contributed by atoms with Gasteiger partial charge in [-0.25, -0.2) is 9.59 Å². The molecule has 0 aliphatic rings. The van der Waals surface area contributed by atoms with Crippen molar-refractivity contribution in [2.24, 2.45) is 0 Å². The van der Waals surface area contributed by atoms with Crippen LogP contribution in [0.4, 0.5) is 0 Å². The molecule has 0 heterocycles. The second kappa shape index (κ2) is 7.68. The Morgan fingerprint density at radius 3 is 1.93 bits per heavy atom. The number of aromatic carboxylic acids is 2. The first-order valence-corrected chi connectivity index (χ1v) is 3.66. The number of halogens is 1. The third-order valence-corrected chi connectivity index (χ3v) is 1.68. The van der Waals surface area contributed by atoms with E-state index in [4.69, 9.17) is 21.8 Å². The summed E-state index contributed by atoms with van der Waals surface area (Å²) in [5.74, 6) is -2.59. The normalized spacial score (nSPS) is 8.33. The van der Waals surface area contributed by atoms with E-state index in [1.807, 2.05) is 0 Å². The minimum Gasteiger partial charge on any atom is -1.00 e. The summed E-state index contributed by atoms with van der Waals surface area (Å²) < 4.78 is 0. The number of carboxylic acid groups (broad SMARTS) is 2. The quantitative estimate of drug-likeness (QED) is 0.523. The van der Waals surface area contributed by atoms with Gasteiger partial charge in [-0.2, -0.15) is 0 Å². The zero-order chi connectivity index (χ0) is 10.0. The molecule has 0 aromatic heterocycles. The number of carboxylic acids is 2. The van der Waals surface area contributed by atoms with E-state index in [9.17, 15) is 9.59 Å². The van der Waals surface area contributed by atoms with E-state index in [-0.39, 0.29) is 78.1 Å². The van der Waals surface area contributed by atoms with Crippen LogP contribution in [0.15, 0.2) is 18.2 Å². The first-order chi connectivity index (χ1) is 6.02. The van der Waals surface area contributed by atoms with Gasteiger partial charge in [-0.3, -0.25) is 0 Å². The molecule has 7 heteroatoms. The maximum absolute atomic E-state index is 10.6. The molecule has 0 radical (unpaired) electrons. The van der Waals surface area contributed by atoms with Gasteiger partial charge in [0.1, 0.15) is 0 Å². The number of hydrogen-bond acceptors (Lipinski definition) is 2. The van der Waals surface area contributed by atoms with Crippen molar-refractivity contribution in [2.75, 3.05) is 0 Å². The summed E-state index contributed by atoms with van der Waals surface area (Å²) >= 11 is 5.51. The molecule has 1 aromatic rings. The molecule has 0 bridgehead atoms. The van der Waals surface area contributed by atoms with Crippen molar-refractivity contribution in [3.8, 4) is 0 Å². The third-order valence-electron chi connectivity index (χ3n) is 1.44. The van der Waals surface area contributed by atoms with Crippen molar-refractivity contribution < 1.29 is 81.8 Å². The van der Waals surface area contributed by atoms with Crippen LogP contribution < -0.4 is 59.1 Å². The molecule has 0 saturated heterocycles. The van der Waals surface area contributed by atoms with Gasteiger partial charge in [0, 0.05) is 5.02 Å². The average Bonchev–Trinajstić information content (AvgIpc) is 2.03. The maximum Gasteiger partial charge on any atom is 1.00 e. The molecule has 0 amide bonds. The zero-order valence-corrected chi connectivity index (χ0v) is 13.1. The van der Waals surface area contributed by atoms with E-state index in [1.54, 1.807) is 0 Å². The van der Waals surface area contributed by atoms with Gasteiger partial charge >= 0.3 is 71.1 Å². The van der Waals surface area contributed by atoms with Crippen LogP contribution in [0.1, 0.15) is 23.6 Å². The molecule has 0 atom stereocenters. The molecule has 1 aromatic carbocycles. The maximum atomic E-state index is 10.6. The predicted molar refractivity (Wildman–Crippen MR) is 47.6 cm³/mol. The van der Waals surface area contributed by atoms with Crippen molar-refractivity contribution in [2.45, 2.75) is 0 Å². The summed E-state index contributed by atoms with van der Waals surface area (Å²) in [6, 6.07) is 3.60. The largest absolute Gasteiger partial charge is 1.00 e. The Kier molecular flexibility index (Phi) is 9.13. The zero-order valence-electron chi connectivity index (χ0n) is 10.3. The first kappa shape index (κ1) is 17.8. The summed E-state index contributed by atoms with van der Waals surface area (Å²) in [7, 11) is 0. The monoisotopic (exact) mass is 248 g/mol. The minimum atomic E-state index is -1.31. The summed E-state index contributed by atoms with van der Waals surface area (Å²) in [4.78, 5) is 21.1. The molecule has 0 unspecified atom stereocenters. The molecular formula is C8H7ClNa2O4. The average molecular weight is 249 g/mol. The molecule has 2 N–H and O–H groups in total. The van der Waals surface area contributed by atoms with Crippen molar-refractivity contribution in [3.63, 3.8) is 0 Å². The molecule has 1 rings (SSSR count). The van der Waals surface area contributed by atoms with E-state index in [0.717, 1.165) is 12.1 Å². The van der Waals surface area contributed by atoms with Crippen LogP contribution in [0, 0.1) is 0 Å². The molecule has 0 spiro atoms. The van der Waals surface area contributed by atoms with Crippen LogP contribution in [0.5, 0.6) is 0 Å². The Hall–Kier alpha value is 0.450. The Morgan fingerprint density at radius 1 is 1.07 bits per heavy atom. The fourth-order valence-corrected chi connectivity index (χ4v) is 1.05. The molecule has 0 saturated carbocycles. The van der Waals surface area contributed by atoms with E-state index in [1.165, 1.54) is 6.07 Å². The Labute approximate surface area is 138 Å². The first-order valence-electron chi connectivity index (χ1n) is 3.28. The van der Waals surface area contributed by atoms with E-state index < -0.39 is 11.9 Å². The number of carbonyl (C=O) groups is 2. The molecule has 15 heavy (non-hydrogen) atoms. The predicted octanol–water partition coefficient (Wildman–Crippen LogP) is -4.03. The van der Waals surface area contributed by atoms with Crippen molar-refractivity contribution in [1.82, 2.24) is 0 Å². The smallest absolute Gasteiger partial charge is 1.00 e. The van der Waals surface area contributed by atoms with Gasteiger partial charge in [-0.05, 0) is 18.2 Å². The van der Waals surface area contributed by atoms with Gasteiger partial charge in [0.25, 0.3) is 0 Å². The third kappa shape index (κ3) is 4.87. The van der Waals surface area contributed by atoms with E-state index in [0.29, 0.717) is 0 Å². The van der Waals surface area contributed by atoms with Gasteiger partial charge in [0.2, 0.25) is 0 Å². The van der Waals surface area contributed by atoms with E-state index >= 15 is 0 Å². The molecule has 0 aliphatic heterocycles. The number of hydrogen-bond donors (Lipinski definition) is 2. The van der Waals surface area contributed by atoms with Crippen molar-refractivity contribution >= 4 is 23.5 Å². The summed E-state index contributed by atoms with van der Waals surface area (Å²) in [6.07, 6.45) is 0. The molecule has 0 fully saturated rings. The van der Waals surface area contributed by atoms with Gasteiger partial charge in [-0.15, -0.1) is 0 Å². The fourth-order valence-electron chi connectivity index (χ4n) is 0.880. The standard InChI is InChI=1S/C8H5ClO4.2Na.2H/c9-4-1-2-5(7(10)11)6(3-4)8(12)13;;;;/h1-3H,(H,10,11)(H,12,13);;;;/q;2*+1;2*-1. The van der Waals surface area contributed by atoms with Gasteiger partial charge in [0.05, 0.1) is 11.1 Å². The van der Waals surface area contributed by atoms with Gasteiger partial charge in [-0.1, -0.05) is 11.6 Å². The Morgan fingerprint density at radius 2 is 1.53 bits per heavy atom. The molecule has 72 valence electrons. The van der Waals surface area contributed by atoms with Crippen LogP contribution in [0.2, 0.25) is 5.02 Å². The van der Waals surface area contributed by atoms with Crippen molar-refractivity contribution in [3.05, 3.63) is 34.3 Å². The molecular weight excluding hydrogens is 242 g/mol. The Balaban J connectivity index is -0.000000211. The second-order valence-corrected chi connectivity index (χ2v) is 2.74. The summed E-state index contributed by atoms with van der Waals surface area (Å²) in [5.41, 5.74) is -0.572. The topological polar surface area (TPSA) is 74.6 Å². The van der Waals surface area contributed by atoms with Gasteiger partial charge < -0.3 is 13.1 Å². The molecule has 0 aliphatic carbocycles. The number of rotatable bonds is 2. The second-order valence-electron chi connectivity index (χ2n) is 2.30. The van der Waals surface area contributed by atoms with Crippen molar-refractivity contribution in [1.29, 1.82) is 0 Å². The summed E-state index contributed by atoms with van der Waals surface area (Å²) in [5, 5.41) is 17.4. The van der Waals surface area contributed by atoms with Crippen LogP contribution in [-0.2, 0) is 0 Å². The van der Waals surface area contributed by atoms with Crippen LogP contribution in [0.25, 0.3) is 0 Å². The SMILES string of the molecule is O=C(O)c1ccc(Cl)cc1C(=O)O.[H-].[H-].[Na+].[Na+]. The minimum absolute atomic E-state index is 0. The Bertz CT molecular complexity index is 390. The number of benzene rings is 1. The van der Waals surface area contributed by atoms with Gasteiger partial charge in [0.15, 0.2) is 0 Å².